The normalized spacial score (nSPS) is 14.0. The Morgan fingerprint density at radius 1 is 1.33 bits per heavy atom. The third-order valence-corrected chi connectivity index (χ3v) is 2.90. The van der Waals surface area contributed by atoms with Crippen LogP contribution >= 0.6 is 0 Å². The van der Waals surface area contributed by atoms with Crippen LogP contribution in [0.2, 0.25) is 0 Å². The summed E-state index contributed by atoms with van der Waals surface area (Å²) in [5.74, 6) is 0.00690. The summed E-state index contributed by atoms with van der Waals surface area (Å²) in [6, 6.07) is 7.61. The highest BCUT2D eigenvalue weighted by atomic mass is 16.5. The lowest BCUT2D eigenvalue weighted by Crippen LogP contribution is -2.15. The molecule has 4 heteroatoms. The van der Waals surface area contributed by atoms with Gasteiger partial charge in [-0.2, -0.15) is 0 Å². The van der Waals surface area contributed by atoms with Crippen LogP contribution in [-0.4, -0.2) is 19.1 Å². The molecule has 1 aromatic carbocycles. The van der Waals surface area contributed by atoms with Crippen molar-refractivity contribution < 1.29 is 9.53 Å². The van der Waals surface area contributed by atoms with Gasteiger partial charge in [0.25, 0.3) is 0 Å². The Hall–Kier alpha value is -1.39. The quantitative estimate of drug-likeness (QED) is 0.815. The second-order valence-corrected chi connectivity index (χ2v) is 4.54. The lowest BCUT2D eigenvalue weighted by atomic mass is 10.1. The number of ether oxygens (including phenoxy) is 1. The van der Waals surface area contributed by atoms with Crippen LogP contribution in [0.5, 0.6) is 0 Å². The van der Waals surface area contributed by atoms with Crippen LogP contribution in [0.25, 0.3) is 0 Å². The fourth-order valence-electron chi connectivity index (χ4n) is 1.55. The van der Waals surface area contributed by atoms with Crippen LogP contribution in [0.15, 0.2) is 24.3 Å². The number of hydrogen-bond donors (Lipinski definition) is 2. The molecule has 0 aromatic heterocycles. The number of nitrogens with two attached hydrogens (primary N) is 1. The van der Waals surface area contributed by atoms with Gasteiger partial charge in [0.2, 0.25) is 5.91 Å². The Kier molecular flexibility index (Phi) is 5.82. The number of hydrogen-bond acceptors (Lipinski definition) is 3. The first-order chi connectivity index (χ1) is 8.52. The van der Waals surface area contributed by atoms with Crippen molar-refractivity contribution in [3.63, 3.8) is 0 Å². The summed E-state index contributed by atoms with van der Waals surface area (Å²) in [5.41, 5.74) is 7.62. The molecule has 1 aromatic rings. The maximum absolute atomic E-state index is 11.7. The summed E-state index contributed by atoms with van der Waals surface area (Å²) < 4.78 is 5.10. The molecular weight excluding hydrogens is 228 g/mol. The molecule has 0 bridgehead atoms. The molecule has 3 N–H and O–H groups in total. The van der Waals surface area contributed by atoms with Crippen molar-refractivity contribution >= 4 is 11.6 Å². The van der Waals surface area contributed by atoms with Crippen LogP contribution in [0, 0.1) is 0 Å². The summed E-state index contributed by atoms with van der Waals surface area (Å²) in [6.45, 7) is 3.88. The Morgan fingerprint density at radius 3 is 2.44 bits per heavy atom. The van der Waals surface area contributed by atoms with Crippen molar-refractivity contribution in [2.45, 2.75) is 38.8 Å². The van der Waals surface area contributed by atoms with E-state index in [0.717, 1.165) is 17.7 Å². The van der Waals surface area contributed by atoms with Gasteiger partial charge in [0.1, 0.15) is 0 Å². The maximum Gasteiger partial charge on any atom is 0.224 e. The van der Waals surface area contributed by atoms with Gasteiger partial charge in [-0.15, -0.1) is 0 Å². The summed E-state index contributed by atoms with van der Waals surface area (Å²) >= 11 is 0. The van der Waals surface area contributed by atoms with Crippen LogP contribution in [0.1, 0.15) is 38.3 Å². The van der Waals surface area contributed by atoms with Gasteiger partial charge in [-0.1, -0.05) is 12.1 Å². The third kappa shape index (κ3) is 4.85. The molecular formula is C14H22N2O2. The fourth-order valence-corrected chi connectivity index (χ4v) is 1.55. The molecule has 0 saturated carbocycles. The van der Waals surface area contributed by atoms with Crippen molar-refractivity contribution in [3.05, 3.63) is 29.8 Å². The molecule has 0 saturated heterocycles. The van der Waals surface area contributed by atoms with Crippen molar-refractivity contribution in [2.75, 3.05) is 12.4 Å². The van der Waals surface area contributed by atoms with Crippen LogP contribution < -0.4 is 11.1 Å². The van der Waals surface area contributed by atoms with Gasteiger partial charge in [0, 0.05) is 25.3 Å². The van der Waals surface area contributed by atoms with Crippen LogP contribution in [-0.2, 0) is 9.53 Å². The first-order valence-electron chi connectivity index (χ1n) is 6.21. The van der Waals surface area contributed by atoms with E-state index in [-0.39, 0.29) is 18.1 Å². The van der Waals surface area contributed by atoms with E-state index >= 15 is 0 Å². The maximum atomic E-state index is 11.7. The standard InChI is InChI=1S/C14H22N2O2/c1-10(18-3)4-9-14(17)16-13-7-5-12(6-8-13)11(2)15/h5-8,10-11H,4,9,15H2,1-3H3,(H,16,17). The predicted octanol–water partition coefficient (Wildman–Crippen LogP) is 2.46. The van der Waals surface area contributed by atoms with E-state index in [1.807, 2.05) is 38.1 Å². The fraction of sp³-hybridized carbons (Fsp3) is 0.500. The number of anilines is 1. The number of carbonyl (C=O) groups excluding carboxylic acids is 1. The van der Waals surface area contributed by atoms with E-state index in [4.69, 9.17) is 10.5 Å². The highest BCUT2D eigenvalue weighted by Gasteiger charge is 2.06. The summed E-state index contributed by atoms with van der Waals surface area (Å²) in [6.07, 6.45) is 1.29. The summed E-state index contributed by atoms with van der Waals surface area (Å²) in [7, 11) is 1.65. The molecule has 100 valence electrons. The van der Waals surface area contributed by atoms with Crippen molar-refractivity contribution in [3.8, 4) is 0 Å². The Labute approximate surface area is 109 Å². The molecule has 0 aliphatic rings. The number of rotatable bonds is 6. The largest absolute Gasteiger partial charge is 0.382 e. The minimum atomic E-state index is 0.00690. The van der Waals surface area contributed by atoms with E-state index < -0.39 is 0 Å². The van der Waals surface area contributed by atoms with Crippen LogP contribution in [0.3, 0.4) is 0 Å². The molecule has 18 heavy (non-hydrogen) atoms. The molecule has 0 spiro atoms. The molecule has 0 aliphatic carbocycles. The molecule has 0 radical (unpaired) electrons. The molecule has 0 fully saturated rings. The number of amides is 1. The van der Waals surface area contributed by atoms with E-state index in [9.17, 15) is 4.79 Å². The van der Waals surface area contributed by atoms with E-state index in [2.05, 4.69) is 5.32 Å². The number of carbonyl (C=O) groups is 1. The zero-order chi connectivity index (χ0) is 13.5. The SMILES string of the molecule is COC(C)CCC(=O)Nc1ccc(C(C)N)cc1. The van der Waals surface area contributed by atoms with Gasteiger partial charge >= 0.3 is 0 Å². The first-order valence-corrected chi connectivity index (χ1v) is 6.21. The number of nitrogens with one attached hydrogen (secondary N) is 1. The van der Waals surface area contributed by atoms with Gasteiger partial charge in [0.05, 0.1) is 6.10 Å². The predicted molar refractivity (Wildman–Crippen MR) is 73.4 cm³/mol. The average Bonchev–Trinajstić information content (AvgIpc) is 2.36. The average molecular weight is 250 g/mol. The molecule has 1 rings (SSSR count). The van der Waals surface area contributed by atoms with Crippen molar-refractivity contribution in [1.82, 2.24) is 0 Å². The van der Waals surface area contributed by atoms with Gasteiger partial charge in [0.15, 0.2) is 0 Å². The van der Waals surface area contributed by atoms with Gasteiger partial charge < -0.3 is 15.8 Å². The second kappa shape index (κ2) is 7.13. The molecule has 1 amide bonds. The van der Waals surface area contributed by atoms with Crippen LogP contribution in [0.4, 0.5) is 5.69 Å². The Morgan fingerprint density at radius 2 is 1.94 bits per heavy atom. The molecule has 0 heterocycles. The minimum Gasteiger partial charge on any atom is -0.382 e. The molecule has 2 unspecified atom stereocenters. The first kappa shape index (κ1) is 14.7. The van der Waals surface area contributed by atoms with Crippen molar-refractivity contribution in [2.24, 2.45) is 5.73 Å². The lowest BCUT2D eigenvalue weighted by molar-refractivity contribution is -0.116. The molecule has 4 nitrogen and oxygen atoms in total. The van der Waals surface area contributed by atoms with E-state index in [1.54, 1.807) is 7.11 Å². The minimum absolute atomic E-state index is 0.00690. The van der Waals surface area contributed by atoms with Crippen molar-refractivity contribution in [1.29, 1.82) is 0 Å². The zero-order valence-corrected chi connectivity index (χ0v) is 11.3. The van der Waals surface area contributed by atoms with Gasteiger partial charge in [-0.25, -0.2) is 0 Å². The highest BCUT2D eigenvalue weighted by Crippen LogP contribution is 2.14. The van der Waals surface area contributed by atoms with Gasteiger partial charge in [-0.3, -0.25) is 4.79 Å². The van der Waals surface area contributed by atoms with Gasteiger partial charge in [-0.05, 0) is 38.0 Å². The smallest absolute Gasteiger partial charge is 0.224 e. The number of benzene rings is 1. The summed E-state index contributed by atoms with van der Waals surface area (Å²) in [4.78, 5) is 11.7. The topological polar surface area (TPSA) is 64.3 Å². The number of methoxy groups -OCH3 is 1. The second-order valence-electron chi connectivity index (χ2n) is 4.54. The zero-order valence-electron chi connectivity index (χ0n) is 11.3. The lowest BCUT2D eigenvalue weighted by Gasteiger charge is -2.10. The molecule has 0 aliphatic heterocycles. The highest BCUT2D eigenvalue weighted by molar-refractivity contribution is 5.90. The Bertz CT molecular complexity index is 374. The monoisotopic (exact) mass is 250 g/mol. The summed E-state index contributed by atoms with van der Waals surface area (Å²) in [5, 5.41) is 2.85. The molecule has 2 atom stereocenters. The third-order valence-electron chi connectivity index (χ3n) is 2.90. The van der Waals surface area contributed by atoms with E-state index in [0.29, 0.717) is 6.42 Å². The van der Waals surface area contributed by atoms with E-state index in [1.165, 1.54) is 0 Å². The Balaban J connectivity index is 2.44.